The van der Waals surface area contributed by atoms with Gasteiger partial charge in [0, 0.05) is 11.5 Å². The van der Waals surface area contributed by atoms with Crippen LogP contribution in [-0.2, 0) is 9.59 Å². The number of nitrogens with one attached hydrogen (secondary N) is 2. The molecule has 148 valence electrons. The van der Waals surface area contributed by atoms with Crippen molar-refractivity contribution in [3.63, 3.8) is 0 Å². The molecule has 0 heterocycles. The lowest BCUT2D eigenvalue weighted by molar-refractivity contribution is -0.385. The van der Waals surface area contributed by atoms with E-state index in [1.54, 1.807) is 12.1 Å². The molecule has 0 radical (unpaired) electrons. The second kappa shape index (κ2) is 9.18. The van der Waals surface area contributed by atoms with Crippen molar-refractivity contribution in [2.24, 2.45) is 0 Å². The van der Waals surface area contributed by atoms with E-state index in [2.05, 4.69) is 10.9 Å². The third kappa shape index (κ3) is 5.19. The molecular formula is C20H17N3O6. The van der Waals surface area contributed by atoms with Crippen LogP contribution in [0.25, 0.3) is 10.8 Å². The first-order chi connectivity index (χ1) is 14.0. The number of ether oxygens (including phenoxy) is 2. The zero-order chi connectivity index (χ0) is 20.6. The minimum atomic E-state index is -0.679. The van der Waals surface area contributed by atoms with Crippen LogP contribution in [0.5, 0.6) is 11.5 Å². The molecule has 0 saturated carbocycles. The van der Waals surface area contributed by atoms with Crippen molar-refractivity contribution in [2.75, 3.05) is 13.2 Å². The number of amides is 2. The maximum atomic E-state index is 11.9. The van der Waals surface area contributed by atoms with Crippen molar-refractivity contribution in [3.8, 4) is 11.5 Å². The summed E-state index contributed by atoms with van der Waals surface area (Å²) >= 11 is 0. The highest BCUT2D eigenvalue weighted by Crippen LogP contribution is 2.26. The number of hydrazine groups is 1. The number of carbonyl (C=O) groups excluding carboxylic acids is 2. The largest absolute Gasteiger partial charge is 0.483 e. The van der Waals surface area contributed by atoms with Crippen molar-refractivity contribution in [1.29, 1.82) is 0 Å². The van der Waals surface area contributed by atoms with E-state index in [4.69, 9.17) is 9.47 Å². The molecule has 3 rings (SSSR count). The summed E-state index contributed by atoms with van der Waals surface area (Å²) in [6.45, 7) is -0.811. The first kappa shape index (κ1) is 19.6. The molecule has 9 nitrogen and oxygen atoms in total. The molecule has 2 N–H and O–H groups in total. The SMILES string of the molecule is O=C(COc1ccccc1[N+](=O)[O-])NNC(=O)COc1cccc2ccccc12. The van der Waals surface area contributed by atoms with Crippen molar-refractivity contribution in [2.45, 2.75) is 0 Å². The lowest BCUT2D eigenvalue weighted by atomic mass is 10.1. The predicted octanol–water partition coefficient (Wildman–Crippen LogP) is 2.35. The first-order valence-corrected chi connectivity index (χ1v) is 8.59. The van der Waals surface area contributed by atoms with Crippen molar-refractivity contribution < 1.29 is 24.0 Å². The van der Waals surface area contributed by atoms with Gasteiger partial charge < -0.3 is 9.47 Å². The molecular weight excluding hydrogens is 378 g/mol. The third-order valence-electron chi connectivity index (χ3n) is 3.87. The fourth-order valence-electron chi connectivity index (χ4n) is 2.55. The topological polar surface area (TPSA) is 120 Å². The summed E-state index contributed by atoms with van der Waals surface area (Å²) in [4.78, 5) is 34.0. The summed E-state index contributed by atoms with van der Waals surface area (Å²) in [5, 5.41) is 12.7. The number of para-hydroxylation sites is 2. The number of nitro benzene ring substituents is 1. The van der Waals surface area contributed by atoms with E-state index in [0.29, 0.717) is 5.75 Å². The van der Waals surface area contributed by atoms with Crippen molar-refractivity contribution in [1.82, 2.24) is 10.9 Å². The van der Waals surface area contributed by atoms with E-state index >= 15 is 0 Å². The fraction of sp³-hybridized carbons (Fsp3) is 0.100. The molecule has 0 aromatic heterocycles. The van der Waals surface area contributed by atoms with Crippen LogP contribution in [0.2, 0.25) is 0 Å². The Morgan fingerprint density at radius 2 is 1.34 bits per heavy atom. The van der Waals surface area contributed by atoms with Crippen LogP contribution in [0.3, 0.4) is 0 Å². The van der Waals surface area contributed by atoms with Crippen LogP contribution in [-0.4, -0.2) is 30.0 Å². The van der Waals surface area contributed by atoms with Gasteiger partial charge in [-0.15, -0.1) is 0 Å². The Morgan fingerprint density at radius 3 is 2.07 bits per heavy atom. The predicted molar refractivity (Wildman–Crippen MR) is 104 cm³/mol. The van der Waals surface area contributed by atoms with Crippen molar-refractivity contribution in [3.05, 3.63) is 76.8 Å². The monoisotopic (exact) mass is 395 g/mol. The summed E-state index contributed by atoms with van der Waals surface area (Å²) in [5.74, 6) is -0.749. The summed E-state index contributed by atoms with van der Waals surface area (Å²) < 4.78 is 10.6. The van der Waals surface area contributed by atoms with Gasteiger partial charge in [0.05, 0.1) is 4.92 Å². The zero-order valence-electron chi connectivity index (χ0n) is 15.2. The average Bonchev–Trinajstić information content (AvgIpc) is 2.74. The molecule has 0 spiro atoms. The lowest BCUT2D eigenvalue weighted by Crippen LogP contribution is -2.45. The van der Waals surface area contributed by atoms with Gasteiger partial charge in [-0.25, -0.2) is 0 Å². The number of nitrogens with zero attached hydrogens (tertiary/aromatic N) is 1. The number of nitro groups is 1. The zero-order valence-corrected chi connectivity index (χ0v) is 15.2. The van der Waals surface area contributed by atoms with Gasteiger partial charge in [0.15, 0.2) is 19.0 Å². The molecule has 0 atom stereocenters. The van der Waals surface area contributed by atoms with Crippen LogP contribution in [0.15, 0.2) is 66.7 Å². The van der Waals surface area contributed by atoms with Gasteiger partial charge in [-0.1, -0.05) is 48.5 Å². The second-order valence-electron chi connectivity index (χ2n) is 5.88. The molecule has 0 aliphatic rings. The van der Waals surface area contributed by atoms with E-state index in [1.807, 2.05) is 36.4 Å². The summed E-state index contributed by atoms with van der Waals surface area (Å²) in [6, 6.07) is 18.7. The Kier molecular flexibility index (Phi) is 6.21. The Balaban J connectivity index is 1.46. The molecule has 0 saturated heterocycles. The van der Waals surface area contributed by atoms with Crippen LogP contribution in [0.1, 0.15) is 0 Å². The van der Waals surface area contributed by atoms with Gasteiger partial charge in [0.25, 0.3) is 11.8 Å². The third-order valence-corrected chi connectivity index (χ3v) is 3.87. The Morgan fingerprint density at radius 1 is 0.793 bits per heavy atom. The van der Waals surface area contributed by atoms with E-state index in [-0.39, 0.29) is 18.0 Å². The molecule has 0 bridgehead atoms. The van der Waals surface area contributed by atoms with Gasteiger partial charge in [-0.2, -0.15) is 0 Å². The normalized spacial score (nSPS) is 10.2. The van der Waals surface area contributed by atoms with Crippen LogP contribution in [0.4, 0.5) is 5.69 Å². The minimum Gasteiger partial charge on any atom is -0.483 e. The Hall–Kier alpha value is -4.14. The van der Waals surface area contributed by atoms with Gasteiger partial charge in [0.1, 0.15) is 5.75 Å². The molecule has 2 amide bonds. The highest BCUT2D eigenvalue weighted by Gasteiger charge is 2.15. The van der Waals surface area contributed by atoms with E-state index in [0.717, 1.165) is 10.8 Å². The van der Waals surface area contributed by atoms with Crippen LogP contribution in [0, 0.1) is 10.1 Å². The average molecular weight is 395 g/mol. The molecule has 0 aliphatic carbocycles. The molecule has 3 aromatic rings. The molecule has 9 heteroatoms. The number of hydrogen-bond acceptors (Lipinski definition) is 6. The maximum absolute atomic E-state index is 11.9. The first-order valence-electron chi connectivity index (χ1n) is 8.59. The maximum Gasteiger partial charge on any atom is 0.310 e. The molecule has 29 heavy (non-hydrogen) atoms. The molecule has 0 unspecified atom stereocenters. The second-order valence-corrected chi connectivity index (χ2v) is 5.88. The van der Waals surface area contributed by atoms with E-state index in [1.165, 1.54) is 18.2 Å². The summed E-state index contributed by atoms with van der Waals surface area (Å²) in [7, 11) is 0. The quantitative estimate of drug-likeness (QED) is 0.468. The van der Waals surface area contributed by atoms with Gasteiger partial charge in [0.2, 0.25) is 0 Å². The summed E-state index contributed by atoms with van der Waals surface area (Å²) in [5.41, 5.74) is 4.10. The summed E-state index contributed by atoms with van der Waals surface area (Å²) in [6.07, 6.45) is 0. The fourth-order valence-corrected chi connectivity index (χ4v) is 2.55. The number of benzene rings is 3. The van der Waals surface area contributed by atoms with Crippen LogP contribution >= 0.6 is 0 Å². The number of fused-ring (bicyclic) bond motifs is 1. The van der Waals surface area contributed by atoms with Crippen LogP contribution < -0.4 is 20.3 Å². The number of hydrogen-bond donors (Lipinski definition) is 2. The van der Waals surface area contributed by atoms with E-state index in [9.17, 15) is 19.7 Å². The Bertz CT molecular complexity index is 1050. The van der Waals surface area contributed by atoms with Crippen molar-refractivity contribution >= 4 is 28.3 Å². The molecule has 0 aliphatic heterocycles. The molecule has 0 fully saturated rings. The smallest absolute Gasteiger partial charge is 0.310 e. The molecule has 3 aromatic carbocycles. The highest BCUT2D eigenvalue weighted by molar-refractivity contribution is 5.89. The van der Waals surface area contributed by atoms with E-state index < -0.39 is 23.3 Å². The van der Waals surface area contributed by atoms with Gasteiger partial charge in [-0.05, 0) is 17.5 Å². The standard InChI is InChI=1S/C20H17N3O6/c24-19(12-28-17-11-5-7-14-6-1-2-8-15(14)17)21-22-20(25)13-29-18-10-4-3-9-16(18)23(26)27/h1-11H,12-13H2,(H,21,24)(H,22,25). The lowest BCUT2D eigenvalue weighted by Gasteiger charge is -2.11. The number of carbonyl (C=O) groups is 2. The minimum absolute atomic E-state index is 0.0433. The number of rotatable bonds is 7. The van der Waals surface area contributed by atoms with Gasteiger partial charge >= 0.3 is 5.69 Å². The Labute approximate surface area is 165 Å². The highest BCUT2D eigenvalue weighted by atomic mass is 16.6. The van der Waals surface area contributed by atoms with Gasteiger partial charge in [-0.3, -0.25) is 30.6 Å².